The first-order valence-electron chi connectivity index (χ1n) is 7.58. The monoisotopic (exact) mass is 287 g/mol. The number of fused-ring (bicyclic) bond motifs is 1. The van der Waals surface area contributed by atoms with Crippen LogP contribution in [0.1, 0.15) is 41.6 Å². The maximum atomic E-state index is 12.2. The van der Waals surface area contributed by atoms with Crippen LogP contribution >= 0.6 is 0 Å². The molecule has 6 heteroatoms. The minimum atomic E-state index is -0.0244. The van der Waals surface area contributed by atoms with Crippen molar-refractivity contribution in [3.05, 3.63) is 35.7 Å². The molecule has 3 heterocycles. The van der Waals surface area contributed by atoms with Gasteiger partial charge in [-0.2, -0.15) is 5.10 Å². The van der Waals surface area contributed by atoms with E-state index >= 15 is 0 Å². The number of amides is 1. The number of H-pyrrole nitrogens is 1. The van der Waals surface area contributed by atoms with Crippen LogP contribution in [0.2, 0.25) is 0 Å². The van der Waals surface area contributed by atoms with Crippen LogP contribution in [0.5, 0.6) is 0 Å². The first-order valence-corrected chi connectivity index (χ1v) is 7.58. The van der Waals surface area contributed by atoms with Gasteiger partial charge in [0.05, 0.1) is 11.8 Å². The van der Waals surface area contributed by atoms with Crippen molar-refractivity contribution >= 4 is 5.91 Å². The Bertz CT molecular complexity index is 615. The van der Waals surface area contributed by atoms with Crippen LogP contribution in [0.15, 0.2) is 18.6 Å². The van der Waals surface area contributed by atoms with Gasteiger partial charge in [-0.3, -0.25) is 9.89 Å². The van der Waals surface area contributed by atoms with Gasteiger partial charge >= 0.3 is 0 Å². The number of carbonyl (C=O) groups is 1. The van der Waals surface area contributed by atoms with Gasteiger partial charge in [-0.05, 0) is 18.8 Å². The topological polar surface area (TPSA) is 75.6 Å². The summed E-state index contributed by atoms with van der Waals surface area (Å²) in [6.45, 7) is 3.73. The third-order valence-electron chi connectivity index (χ3n) is 4.05. The first kappa shape index (κ1) is 13.9. The highest BCUT2D eigenvalue weighted by molar-refractivity contribution is 5.95. The highest BCUT2D eigenvalue weighted by Crippen LogP contribution is 2.18. The molecule has 1 aliphatic heterocycles. The second-order valence-corrected chi connectivity index (χ2v) is 5.62. The molecule has 0 bridgehead atoms. The summed E-state index contributed by atoms with van der Waals surface area (Å²) < 4.78 is 2.18. The molecule has 1 atom stereocenters. The molecule has 0 saturated heterocycles. The molecule has 6 nitrogen and oxygen atoms in total. The molecule has 0 aliphatic carbocycles. The maximum absolute atomic E-state index is 12.2. The third kappa shape index (κ3) is 2.99. The average molecular weight is 287 g/mol. The summed E-state index contributed by atoms with van der Waals surface area (Å²) >= 11 is 0. The Hall–Kier alpha value is -2.11. The zero-order valence-electron chi connectivity index (χ0n) is 12.3. The first-order chi connectivity index (χ1) is 10.3. The molecule has 112 valence electrons. The molecule has 2 N–H and O–H groups in total. The lowest BCUT2D eigenvalue weighted by Gasteiger charge is -2.23. The second-order valence-electron chi connectivity index (χ2n) is 5.62. The van der Waals surface area contributed by atoms with Gasteiger partial charge in [-0.1, -0.05) is 13.3 Å². The highest BCUT2D eigenvalue weighted by atomic mass is 16.1. The van der Waals surface area contributed by atoms with Crippen LogP contribution in [0, 0.1) is 5.92 Å². The number of nitrogens with zero attached hydrogens (tertiary/aromatic N) is 3. The number of imidazole rings is 1. The fourth-order valence-electron chi connectivity index (χ4n) is 2.89. The van der Waals surface area contributed by atoms with E-state index in [0.29, 0.717) is 18.0 Å². The normalized spacial score (nSPS) is 17.5. The SMILES string of the molecule is CCCc1[nH]ncc1C(=O)NC[C@@H]1CCc2nccn2C1. The molecule has 2 aromatic rings. The molecule has 3 rings (SSSR count). The predicted molar refractivity (Wildman–Crippen MR) is 79.0 cm³/mol. The molecule has 0 radical (unpaired) electrons. The zero-order valence-corrected chi connectivity index (χ0v) is 12.3. The average Bonchev–Trinajstić information content (AvgIpc) is 3.13. The molecule has 0 saturated carbocycles. The summed E-state index contributed by atoms with van der Waals surface area (Å²) in [5, 5.41) is 9.94. The van der Waals surface area contributed by atoms with Crippen molar-refractivity contribution in [3.8, 4) is 0 Å². The fourth-order valence-corrected chi connectivity index (χ4v) is 2.89. The summed E-state index contributed by atoms with van der Waals surface area (Å²) in [6, 6.07) is 0. The molecular weight excluding hydrogens is 266 g/mol. The number of rotatable bonds is 5. The quantitative estimate of drug-likeness (QED) is 0.876. The molecule has 0 spiro atoms. The molecule has 0 unspecified atom stereocenters. The van der Waals surface area contributed by atoms with Gasteiger partial charge in [0, 0.05) is 37.6 Å². The summed E-state index contributed by atoms with van der Waals surface area (Å²) in [6.07, 6.45) is 9.39. The smallest absolute Gasteiger partial charge is 0.254 e. The fraction of sp³-hybridized carbons (Fsp3) is 0.533. The second kappa shape index (κ2) is 6.11. The summed E-state index contributed by atoms with van der Waals surface area (Å²) in [5.41, 5.74) is 1.60. The third-order valence-corrected chi connectivity index (χ3v) is 4.05. The van der Waals surface area contributed by atoms with E-state index in [1.807, 2.05) is 12.4 Å². The molecule has 0 fully saturated rings. The maximum Gasteiger partial charge on any atom is 0.254 e. The van der Waals surface area contributed by atoms with Crippen molar-refractivity contribution in [1.29, 1.82) is 0 Å². The van der Waals surface area contributed by atoms with Gasteiger partial charge in [0.1, 0.15) is 5.82 Å². The number of aromatic amines is 1. The van der Waals surface area contributed by atoms with Crippen molar-refractivity contribution in [2.45, 2.75) is 39.2 Å². The summed E-state index contributed by atoms with van der Waals surface area (Å²) in [4.78, 5) is 16.6. The van der Waals surface area contributed by atoms with Crippen LogP contribution < -0.4 is 5.32 Å². The lowest BCUT2D eigenvalue weighted by molar-refractivity contribution is 0.0942. The highest BCUT2D eigenvalue weighted by Gasteiger charge is 2.20. The number of aryl methyl sites for hydroxylation is 2. The molecule has 1 aliphatic rings. The Morgan fingerprint density at radius 2 is 2.48 bits per heavy atom. The van der Waals surface area contributed by atoms with Gasteiger partial charge in [0.25, 0.3) is 5.91 Å². The number of carbonyl (C=O) groups excluding carboxylic acids is 1. The van der Waals surface area contributed by atoms with E-state index in [0.717, 1.165) is 43.7 Å². The molecule has 2 aromatic heterocycles. The van der Waals surface area contributed by atoms with E-state index in [9.17, 15) is 4.79 Å². The minimum Gasteiger partial charge on any atom is -0.352 e. The van der Waals surface area contributed by atoms with Crippen LogP contribution in [-0.4, -0.2) is 32.2 Å². The van der Waals surface area contributed by atoms with Gasteiger partial charge in [-0.15, -0.1) is 0 Å². The van der Waals surface area contributed by atoms with Crippen molar-refractivity contribution < 1.29 is 4.79 Å². The van der Waals surface area contributed by atoms with Crippen molar-refractivity contribution in [2.75, 3.05) is 6.54 Å². The van der Waals surface area contributed by atoms with Gasteiger partial charge in [0.15, 0.2) is 0 Å². The van der Waals surface area contributed by atoms with Crippen LogP contribution in [0.25, 0.3) is 0 Å². The molecule has 21 heavy (non-hydrogen) atoms. The number of nitrogens with one attached hydrogen (secondary N) is 2. The van der Waals surface area contributed by atoms with Crippen molar-refractivity contribution in [2.24, 2.45) is 5.92 Å². The predicted octanol–water partition coefficient (Wildman–Crippen LogP) is 1.55. The van der Waals surface area contributed by atoms with E-state index in [-0.39, 0.29) is 5.91 Å². The lowest BCUT2D eigenvalue weighted by Crippen LogP contribution is -2.33. The number of hydrogen-bond donors (Lipinski definition) is 2. The zero-order chi connectivity index (χ0) is 14.7. The Balaban J connectivity index is 1.56. The van der Waals surface area contributed by atoms with Crippen LogP contribution in [-0.2, 0) is 19.4 Å². The van der Waals surface area contributed by atoms with Crippen molar-refractivity contribution in [1.82, 2.24) is 25.1 Å². The van der Waals surface area contributed by atoms with E-state index in [1.54, 1.807) is 6.20 Å². The standard InChI is InChI=1S/C15H21N5O/c1-2-3-13-12(9-18-19-13)15(21)17-8-11-4-5-14-16-6-7-20(14)10-11/h6-7,9,11H,2-5,8,10H2,1H3,(H,17,21)(H,18,19)/t11-/m0/s1. The minimum absolute atomic E-state index is 0.0244. The summed E-state index contributed by atoms with van der Waals surface area (Å²) in [7, 11) is 0. The Kier molecular flexibility index (Phi) is 4.03. The Morgan fingerprint density at radius 1 is 1.57 bits per heavy atom. The van der Waals surface area contributed by atoms with E-state index in [2.05, 4.69) is 32.0 Å². The van der Waals surface area contributed by atoms with Crippen LogP contribution in [0.4, 0.5) is 0 Å². The number of hydrogen-bond acceptors (Lipinski definition) is 3. The Labute approximate surface area is 124 Å². The molecular formula is C15H21N5O. The summed E-state index contributed by atoms with van der Waals surface area (Å²) in [5.74, 6) is 1.60. The van der Waals surface area contributed by atoms with E-state index in [1.165, 1.54) is 0 Å². The van der Waals surface area contributed by atoms with Gasteiger partial charge in [0.2, 0.25) is 0 Å². The van der Waals surface area contributed by atoms with Gasteiger partial charge in [-0.25, -0.2) is 4.98 Å². The van der Waals surface area contributed by atoms with E-state index in [4.69, 9.17) is 0 Å². The molecule has 1 amide bonds. The van der Waals surface area contributed by atoms with Gasteiger partial charge < -0.3 is 9.88 Å². The molecule has 0 aromatic carbocycles. The van der Waals surface area contributed by atoms with E-state index < -0.39 is 0 Å². The largest absolute Gasteiger partial charge is 0.352 e. The lowest BCUT2D eigenvalue weighted by atomic mass is 9.99. The van der Waals surface area contributed by atoms with Crippen LogP contribution in [0.3, 0.4) is 0 Å². The van der Waals surface area contributed by atoms with Crippen molar-refractivity contribution in [3.63, 3.8) is 0 Å². The Morgan fingerprint density at radius 3 is 3.33 bits per heavy atom. The number of aromatic nitrogens is 4.